The molecule has 11 aromatic carbocycles. The van der Waals surface area contributed by atoms with Crippen LogP contribution in [0.25, 0.3) is 43.6 Å². The lowest BCUT2D eigenvalue weighted by molar-refractivity contribution is -0.136. The monoisotopic (exact) mass is 2020 g/mol. The van der Waals surface area contributed by atoms with E-state index in [0.717, 1.165) is 83.8 Å². The highest BCUT2D eigenvalue weighted by atomic mass is 19.1. The smallest absolute Gasteiger partial charge is 0.313 e. The molecule has 5 heterocycles. The molecule has 1 unspecified atom stereocenters. The Bertz CT molecular complexity index is 7430. The van der Waals surface area contributed by atoms with Crippen LogP contribution in [0.15, 0.2) is 243 Å². The number of benzene rings is 11. The van der Waals surface area contributed by atoms with Crippen LogP contribution in [-0.4, -0.2) is 188 Å². The fourth-order valence-electron chi connectivity index (χ4n) is 16.3. The molecule has 39 heteroatoms. The molecule has 1 saturated heterocycles. The zero-order chi connectivity index (χ0) is 104. The fourth-order valence-corrected chi connectivity index (χ4v) is 16.3. The topological polar surface area (TPSA) is 417 Å². The normalized spacial score (nSPS) is 12.7. The van der Waals surface area contributed by atoms with Crippen LogP contribution in [0.5, 0.6) is 97.7 Å². The van der Waals surface area contributed by atoms with Crippen LogP contribution in [0.3, 0.4) is 0 Å². The van der Waals surface area contributed by atoms with Crippen LogP contribution in [-0.2, 0) is 68.8 Å². The Kier molecular flexibility index (Phi) is 34.7. The van der Waals surface area contributed by atoms with Crippen molar-refractivity contribution in [3.05, 3.63) is 294 Å². The van der Waals surface area contributed by atoms with Crippen molar-refractivity contribution in [2.45, 2.75) is 44.2 Å². The summed E-state index contributed by atoms with van der Waals surface area (Å²) < 4.78 is 136. The summed E-state index contributed by atoms with van der Waals surface area (Å²) in [5.41, 5.74) is 8.26. The number of hydrogen-bond donors (Lipinski definition) is 8. The number of aromatic nitrogens is 4. The van der Waals surface area contributed by atoms with Crippen LogP contribution < -0.4 is 104 Å². The number of amides is 8. The molecule has 0 saturated carbocycles. The molecule has 35 nitrogen and oxygen atoms in total. The third-order valence-corrected chi connectivity index (χ3v) is 23.8. The number of hydrogen-bond acceptors (Lipinski definition) is 27. The Hall–Kier alpha value is -18.1. The SMILES string of the molecule is COc1cc2nccc(Oc3ccc(NC(=O)C(=O)NC4CCc5ccccc54)cc3F)c2cc1OC.COc1cc2nccc(Oc3ccc(NC(=O)C(=O)NC4Cc5ccccc5C4)cc3F)c2cc1OC.COc1cc2nccc(Oc3ccc(NC(=O)C(=O)NCCN4CCOCC4)cc3F)c2cc1OC.COc1ccc(CCNC(=O)C(=O)Nc2ccc(Oc3ccnc4cc(OC)c(OC)cc34)c(F)c2)cc1. The van der Waals surface area contributed by atoms with Gasteiger partial charge in [0.15, 0.2) is 92.3 Å². The molecule has 8 amide bonds. The Morgan fingerprint density at radius 2 is 0.655 bits per heavy atom. The number of morpholine rings is 1. The molecule has 4 aromatic heterocycles. The Balaban J connectivity index is 0.000000148. The number of carbonyl (C=O) groups is 8. The van der Waals surface area contributed by atoms with E-state index in [1.807, 2.05) is 72.8 Å². The summed E-state index contributed by atoms with van der Waals surface area (Å²) >= 11 is 0. The van der Waals surface area contributed by atoms with Gasteiger partial charge in [-0.2, -0.15) is 0 Å². The van der Waals surface area contributed by atoms with Crippen molar-refractivity contribution in [3.63, 3.8) is 0 Å². The van der Waals surface area contributed by atoms with Crippen molar-refractivity contribution >= 4 is 114 Å². The van der Waals surface area contributed by atoms with E-state index in [-0.39, 0.29) is 64.4 Å². The molecule has 8 N–H and O–H groups in total. The second-order valence-electron chi connectivity index (χ2n) is 33.1. The van der Waals surface area contributed by atoms with Crippen molar-refractivity contribution in [2.75, 3.05) is 131 Å². The number of nitrogens with zero attached hydrogens (tertiary/aromatic N) is 5. The van der Waals surface area contributed by atoms with Crippen molar-refractivity contribution in [1.82, 2.24) is 46.1 Å². The summed E-state index contributed by atoms with van der Waals surface area (Å²) in [5, 5.41) is 22.7. The summed E-state index contributed by atoms with van der Waals surface area (Å²) in [7, 11) is 13.7. The van der Waals surface area contributed by atoms with E-state index in [9.17, 15) is 55.9 Å². The predicted octanol–water partition coefficient (Wildman–Crippen LogP) is 16.4. The van der Waals surface area contributed by atoms with Crippen LogP contribution in [0, 0.1) is 23.3 Å². The molecule has 1 fully saturated rings. The van der Waals surface area contributed by atoms with E-state index in [1.54, 1.807) is 79.9 Å². The van der Waals surface area contributed by atoms with Gasteiger partial charge in [0, 0.05) is 156 Å². The second kappa shape index (κ2) is 49.2. The van der Waals surface area contributed by atoms with Crippen LogP contribution in [0.1, 0.15) is 40.3 Å². The zero-order valence-electron chi connectivity index (χ0n) is 81.5. The van der Waals surface area contributed by atoms with Crippen molar-refractivity contribution in [1.29, 1.82) is 0 Å². The number of aryl methyl sites for hydroxylation is 1. The predicted molar refractivity (Wildman–Crippen MR) is 541 cm³/mol. The molecule has 1 atom stereocenters. The number of rotatable bonds is 29. The van der Waals surface area contributed by atoms with Gasteiger partial charge in [0.05, 0.1) is 105 Å². The van der Waals surface area contributed by atoms with Gasteiger partial charge in [-0.1, -0.05) is 60.7 Å². The van der Waals surface area contributed by atoms with Crippen LogP contribution in [0.4, 0.5) is 40.3 Å². The van der Waals surface area contributed by atoms with Gasteiger partial charge in [0.25, 0.3) is 0 Å². The second-order valence-corrected chi connectivity index (χ2v) is 33.1. The van der Waals surface area contributed by atoms with Crippen LogP contribution >= 0.6 is 0 Å². The average Bonchev–Trinajstić information content (AvgIpc) is 1.28. The molecule has 148 heavy (non-hydrogen) atoms. The molecule has 762 valence electrons. The maximum absolute atomic E-state index is 14.9. The summed E-state index contributed by atoms with van der Waals surface area (Å²) in [6, 6.07) is 58.3. The molecule has 2 aliphatic carbocycles. The molecule has 1 aliphatic heterocycles. The fraction of sp³-hybridized carbons (Fsp3) is 0.211. The Morgan fingerprint density at radius 1 is 0.331 bits per heavy atom. The van der Waals surface area contributed by atoms with Gasteiger partial charge in [-0.15, -0.1) is 0 Å². The van der Waals surface area contributed by atoms with E-state index in [2.05, 4.69) is 67.4 Å². The zero-order valence-corrected chi connectivity index (χ0v) is 81.5. The lowest BCUT2D eigenvalue weighted by atomic mass is 10.1. The maximum Gasteiger partial charge on any atom is 0.313 e. The first-order chi connectivity index (χ1) is 71.8. The first-order valence-corrected chi connectivity index (χ1v) is 46.2. The van der Waals surface area contributed by atoms with E-state index >= 15 is 0 Å². The van der Waals surface area contributed by atoms with Crippen LogP contribution in [0.2, 0.25) is 0 Å². The Labute approximate surface area is 845 Å². The minimum atomic E-state index is -0.908. The lowest BCUT2D eigenvalue weighted by Gasteiger charge is -2.26. The van der Waals surface area contributed by atoms with E-state index in [0.29, 0.717) is 158 Å². The maximum atomic E-state index is 14.9. The van der Waals surface area contributed by atoms with E-state index < -0.39 is 70.5 Å². The molecular weight excluding hydrogens is 1920 g/mol. The highest BCUT2D eigenvalue weighted by Gasteiger charge is 2.30. The summed E-state index contributed by atoms with van der Waals surface area (Å²) in [6.45, 7) is 4.07. The third-order valence-electron chi connectivity index (χ3n) is 23.8. The van der Waals surface area contributed by atoms with Gasteiger partial charge in [-0.25, -0.2) is 17.6 Å². The van der Waals surface area contributed by atoms with Gasteiger partial charge in [0.2, 0.25) is 0 Å². The molecule has 0 spiro atoms. The van der Waals surface area contributed by atoms with E-state index in [1.165, 1.54) is 130 Å². The first-order valence-electron chi connectivity index (χ1n) is 46.2. The lowest BCUT2D eigenvalue weighted by Crippen LogP contribution is -2.43. The van der Waals surface area contributed by atoms with Crippen molar-refractivity contribution < 1.29 is 122 Å². The summed E-state index contributed by atoms with van der Waals surface area (Å²) in [6.07, 6.45) is 9.57. The summed E-state index contributed by atoms with van der Waals surface area (Å²) in [5.74, 6) is -3.77. The van der Waals surface area contributed by atoms with Crippen molar-refractivity contribution in [3.8, 4) is 97.7 Å². The highest BCUT2D eigenvalue weighted by molar-refractivity contribution is 6.41. The number of ether oxygens (including phenoxy) is 14. The minimum absolute atomic E-state index is 0.0616. The van der Waals surface area contributed by atoms with Gasteiger partial charge in [-0.3, -0.25) is 63.2 Å². The number of anilines is 4. The molecule has 0 bridgehead atoms. The quantitative estimate of drug-likeness (QED) is 0.0159. The number of halogens is 4. The largest absolute Gasteiger partial charge is 0.497 e. The Morgan fingerprint density at radius 3 is 1.00 bits per heavy atom. The molecule has 0 radical (unpaired) electrons. The average molecular weight is 2020 g/mol. The number of nitrogens with one attached hydrogen (secondary N) is 8. The first kappa shape index (κ1) is 104. The van der Waals surface area contributed by atoms with Gasteiger partial charge >= 0.3 is 47.3 Å². The summed E-state index contributed by atoms with van der Waals surface area (Å²) in [4.78, 5) is 118. The highest BCUT2D eigenvalue weighted by Crippen LogP contribution is 2.44. The molecule has 15 aromatic rings. The third kappa shape index (κ3) is 26.1. The molecule has 18 rings (SSSR count). The van der Waals surface area contributed by atoms with Gasteiger partial charge in [0.1, 0.15) is 28.7 Å². The number of pyridine rings is 4. The standard InChI is InChI=1S/C28H26FN3O6.2C28H24FN3O5.C25H27FN4O6/c1-35-19-7-4-17(5-8-19)10-12-31-27(33)28(34)32-18-6-9-24(21(29)14-18)38-23-11-13-30-22-16-26(37-3)25(36-2)15-20(22)23;1-35-25-14-19-22(15-26(25)36-2)30-12-11-23(19)37-24-10-8-17(13-20(24)29)31-27(33)28(34)32-21-9-7-16-5-3-4-6-18(16)21;1-35-25-14-20-22(15-26(25)36-2)30-10-9-23(20)37-24-8-7-18(13-21(24)29)31-27(33)28(34)32-19-11-16-5-3-4-6-17(16)12-19;1-33-22-14-17-19(15-23(22)34-2)27-6-5-20(17)36-21-4-3-16(13-18(21)26)29-25(32)24(31)28-7-8-30-9-11-35-12-10-30/h4-9,11,13-16H,10,12H2,1-3H3,(H,31,33)(H,32,34);3-6,8,10-15,21H,7,9H2,1-2H3,(H,31,33)(H,32,34);3-10,13-15,19H,11-12H2,1-2H3,(H,31,33)(H,32,34);3-6,13-15H,7-12H2,1-2H3,(H,28,31)(H,29,32). The van der Waals surface area contributed by atoms with E-state index in [4.69, 9.17) is 66.3 Å². The number of fused-ring (bicyclic) bond motifs is 6. The van der Waals surface area contributed by atoms with Crippen molar-refractivity contribution in [2.24, 2.45) is 0 Å². The molecule has 3 aliphatic rings. The number of carbonyl (C=O) groups excluding carboxylic acids is 8. The minimum Gasteiger partial charge on any atom is -0.497 e. The van der Waals surface area contributed by atoms with Gasteiger partial charge in [-0.05, 0) is 169 Å². The van der Waals surface area contributed by atoms with Gasteiger partial charge < -0.3 is 109 Å². The number of methoxy groups -OCH3 is 9. The molecular formula is C109H101F4N13O22.